The molecule has 0 aromatic carbocycles. The van der Waals surface area contributed by atoms with Crippen LogP contribution in [0.1, 0.15) is 25.7 Å². The Labute approximate surface area is 72.5 Å². The Morgan fingerprint density at radius 2 is 1.70 bits per heavy atom. The Hall–Kier alpha value is 0.620. The second kappa shape index (κ2) is 5.29. The van der Waals surface area contributed by atoms with Crippen LogP contribution in [0.15, 0.2) is 0 Å². The highest BCUT2D eigenvalue weighted by molar-refractivity contribution is 8.00. The number of hydrogen-bond acceptors (Lipinski definition) is 4. The lowest BCUT2D eigenvalue weighted by Crippen LogP contribution is -2.10. The third-order valence-corrected chi connectivity index (χ3v) is 1.62. The van der Waals surface area contributed by atoms with Gasteiger partial charge in [-0.1, -0.05) is 6.42 Å². The summed E-state index contributed by atoms with van der Waals surface area (Å²) in [7, 11) is 0. The highest BCUT2D eigenvalue weighted by atomic mass is 32.2. The molecule has 0 unspecified atom stereocenters. The highest BCUT2D eigenvalue weighted by Crippen LogP contribution is 2.22. The summed E-state index contributed by atoms with van der Waals surface area (Å²) in [5, 5.41) is 17.4. The summed E-state index contributed by atoms with van der Waals surface area (Å²) in [6, 6.07) is 0. The third-order valence-electron chi connectivity index (χ3n) is 1.17. The summed E-state index contributed by atoms with van der Waals surface area (Å²) >= 11 is 7.63. The zero-order valence-electron chi connectivity index (χ0n) is 5.82. The van der Waals surface area contributed by atoms with Crippen molar-refractivity contribution >= 4 is 25.3 Å². The molecule has 0 bridgehead atoms. The molecule has 0 rings (SSSR count). The lowest BCUT2D eigenvalue weighted by Gasteiger charge is -2.13. The van der Waals surface area contributed by atoms with E-state index < -0.39 is 4.27 Å². The number of hydrogen-bond donors (Lipinski definition) is 4. The first-order valence-corrected chi connectivity index (χ1v) is 4.24. The van der Waals surface area contributed by atoms with Crippen LogP contribution in [0.25, 0.3) is 0 Å². The molecule has 0 spiro atoms. The molecule has 62 valence electrons. The van der Waals surface area contributed by atoms with Crippen molar-refractivity contribution in [1.29, 1.82) is 0 Å². The van der Waals surface area contributed by atoms with Crippen molar-refractivity contribution in [2.24, 2.45) is 0 Å². The minimum atomic E-state index is -1.14. The summed E-state index contributed by atoms with van der Waals surface area (Å²) in [4.78, 5) is 0. The van der Waals surface area contributed by atoms with Gasteiger partial charge in [0.05, 0.1) is 0 Å². The summed E-state index contributed by atoms with van der Waals surface area (Å²) in [5.41, 5.74) is 0. The van der Waals surface area contributed by atoms with Gasteiger partial charge in [0.15, 0.2) is 4.27 Å². The Morgan fingerprint density at radius 3 is 2.10 bits per heavy atom. The fourth-order valence-electron chi connectivity index (χ4n) is 0.651. The van der Waals surface area contributed by atoms with Crippen LogP contribution in [0.2, 0.25) is 0 Å². The third kappa shape index (κ3) is 8.62. The van der Waals surface area contributed by atoms with Crippen molar-refractivity contribution < 1.29 is 10.2 Å². The smallest absolute Gasteiger partial charge is 0.151 e. The standard InChI is InChI=1S/C6H14O2S2/c7-5-3-1-2-4-6(8,9)10/h7-10H,1-5H2. The number of rotatable bonds is 5. The van der Waals surface area contributed by atoms with Crippen LogP contribution in [-0.4, -0.2) is 21.1 Å². The number of thiol groups is 2. The van der Waals surface area contributed by atoms with Crippen molar-refractivity contribution in [3.05, 3.63) is 0 Å². The van der Waals surface area contributed by atoms with Gasteiger partial charge in [-0.2, -0.15) is 0 Å². The molecule has 0 atom stereocenters. The summed E-state index contributed by atoms with van der Waals surface area (Å²) < 4.78 is -1.14. The molecule has 4 heteroatoms. The fourth-order valence-corrected chi connectivity index (χ4v) is 0.967. The molecule has 0 aliphatic heterocycles. The van der Waals surface area contributed by atoms with E-state index in [4.69, 9.17) is 10.2 Å². The summed E-state index contributed by atoms with van der Waals surface area (Å²) in [6.45, 7) is 0.220. The predicted octanol–water partition coefficient (Wildman–Crippen LogP) is 1.04. The Morgan fingerprint density at radius 1 is 1.10 bits per heavy atom. The lowest BCUT2D eigenvalue weighted by molar-refractivity contribution is 0.215. The van der Waals surface area contributed by atoms with Gasteiger partial charge in [-0.25, -0.2) is 0 Å². The van der Waals surface area contributed by atoms with Crippen molar-refractivity contribution in [3.63, 3.8) is 0 Å². The van der Waals surface area contributed by atoms with E-state index in [1.54, 1.807) is 0 Å². The molecule has 2 nitrogen and oxygen atoms in total. The van der Waals surface area contributed by atoms with Crippen molar-refractivity contribution in [3.8, 4) is 0 Å². The Balaban J connectivity index is 3.04. The second-order valence-corrected chi connectivity index (χ2v) is 4.14. The predicted molar refractivity (Wildman–Crippen MR) is 48.5 cm³/mol. The topological polar surface area (TPSA) is 40.5 Å². The van der Waals surface area contributed by atoms with E-state index in [2.05, 4.69) is 25.3 Å². The van der Waals surface area contributed by atoms with Crippen LogP contribution in [0.4, 0.5) is 0 Å². The number of aliphatic hydroxyl groups is 2. The average molecular weight is 182 g/mol. The van der Waals surface area contributed by atoms with Crippen LogP contribution in [0.3, 0.4) is 0 Å². The van der Waals surface area contributed by atoms with E-state index in [0.29, 0.717) is 6.42 Å². The normalized spacial score (nSPS) is 12.0. The molecule has 0 amide bonds. The highest BCUT2D eigenvalue weighted by Gasteiger charge is 2.13. The van der Waals surface area contributed by atoms with Gasteiger partial charge in [-0.3, -0.25) is 0 Å². The largest absolute Gasteiger partial charge is 0.396 e. The van der Waals surface area contributed by atoms with Crippen molar-refractivity contribution in [1.82, 2.24) is 0 Å². The second-order valence-electron chi connectivity index (χ2n) is 2.31. The van der Waals surface area contributed by atoms with E-state index in [0.717, 1.165) is 19.3 Å². The molecule has 0 fully saturated rings. The zero-order chi connectivity index (χ0) is 8.04. The first kappa shape index (κ1) is 10.6. The van der Waals surface area contributed by atoms with E-state index in [-0.39, 0.29) is 6.61 Å². The maximum absolute atomic E-state index is 8.98. The van der Waals surface area contributed by atoms with Gasteiger partial charge in [0.1, 0.15) is 0 Å². The summed E-state index contributed by atoms with van der Waals surface area (Å²) in [5.74, 6) is 0. The molecule has 0 saturated carbocycles. The maximum Gasteiger partial charge on any atom is 0.151 e. The van der Waals surface area contributed by atoms with E-state index >= 15 is 0 Å². The van der Waals surface area contributed by atoms with Crippen molar-refractivity contribution in [2.45, 2.75) is 29.9 Å². The van der Waals surface area contributed by atoms with E-state index in [1.807, 2.05) is 0 Å². The van der Waals surface area contributed by atoms with Gasteiger partial charge in [0.2, 0.25) is 0 Å². The van der Waals surface area contributed by atoms with Crippen LogP contribution < -0.4 is 0 Å². The molecule has 0 aliphatic rings. The first-order valence-electron chi connectivity index (χ1n) is 3.34. The zero-order valence-corrected chi connectivity index (χ0v) is 7.61. The fraction of sp³-hybridized carbons (Fsp3) is 1.00. The molecular weight excluding hydrogens is 168 g/mol. The molecule has 0 aromatic rings. The van der Waals surface area contributed by atoms with Crippen LogP contribution >= 0.6 is 25.3 Å². The SMILES string of the molecule is OCCCCCC(O)(S)S. The lowest BCUT2D eigenvalue weighted by atomic mass is 10.2. The quantitative estimate of drug-likeness (QED) is 0.291. The number of unbranched alkanes of at least 4 members (excludes halogenated alkanes) is 2. The average Bonchev–Trinajstić information content (AvgIpc) is 1.78. The first-order chi connectivity index (χ1) is 4.56. The molecule has 0 heterocycles. The van der Waals surface area contributed by atoms with Crippen molar-refractivity contribution in [2.75, 3.05) is 6.61 Å². The minimum absolute atomic E-state index is 0.220. The van der Waals surface area contributed by atoms with Gasteiger partial charge < -0.3 is 10.2 Å². The monoisotopic (exact) mass is 182 g/mol. The molecule has 0 aromatic heterocycles. The van der Waals surface area contributed by atoms with Gasteiger partial charge >= 0.3 is 0 Å². The Kier molecular flexibility index (Phi) is 5.62. The van der Waals surface area contributed by atoms with Gasteiger partial charge in [0, 0.05) is 6.61 Å². The number of aliphatic hydroxyl groups excluding tert-OH is 1. The van der Waals surface area contributed by atoms with Gasteiger partial charge in [0.25, 0.3) is 0 Å². The molecule has 10 heavy (non-hydrogen) atoms. The van der Waals surface area contributed by atoms with E-state index in [9.17, 15) is 0 Å². The minimum Gasteiger partial charge on any atom is -0.396 e. The molecular formula is C6H14O2S2. The van der Waals surface area contributed by atoms with Crippen LogP contribution in [0.5, 0.6) is 0 Å². The molecule has 0 saturated heterocycles. The Bertz CT molecular complexity index is 80.3. The molecule has 2 N–H and O–H groups in total. The van der Waals surface area contributed by atoms with Gasteiger partial charge in [-0.05, 0) is 19.3 Å². The van der Waals surface area contributed by atoms with E-state index in [1.165, 1.54) is 0 Å². The van der Waals surface area contributed by atoms with Crippen LogP contribution in [0, 0.1) is 0 Å². The molecule has 0 radical (unpaired) electrons. The summed E-state index contributed by atoms with van der Waals surface area (Å²) in [6.07, 6.45) is 3.11. The van der Waals surface area contributed by atoms with Gasteiger partial charge in [-0.15, -0.1) is 25.3 Å². The van der Waals surface area contributed by atoms with Crippen LogP contribution in [-0.2, 0) is 0 Å². The maximum atomic E-state index is 8.98. The molecule has 0 aliphatic carbocycles.